The fourth-order valence-corrected chi connectivity index (χ4v) is 3.43. The molecule has 0 saturated carbocycles. The Kier molecular flexibility index (Phi) is 5.93. The standard InChI is InChI=1S/C12H15ClN2O2S2/c1-2-6-15(8-12(14)18)19(16,17)9-10-4-3-5-11(13)7-10/h2-5,7H,1,6,8-9H2,(H2,14,18). The Morgan fingerprint density at radius 1 is 1.53 bits per heavy atom. The first-order valence-electron chi connectivity index (χ1n) is 5.46. The number of rotatable bonds is 7. The minimum absolute atomic E-state index is 0.00422. The van der Waals surface area contributed by atoms with Crippen LogP contribution in [0.25, 0.3) is 0 Å². The highest BCUT2D eigenvalue weighted by atomic mass is 35.5. The smallest absolute Gasteiger partial charge is 0.218 e. The van der Waals surface area contributed by atoms with Crippen LogP contribution in [0.3, 0.4) is 0 Å². The molecule has 0 radical (unpaired) electrons. The summed E-state index contributed by atoms with van der Waals surface area (Å²) in [5.41, 5.74) is 6.02. The molecule has 4 nitrogen and oxygen atoms in total. The van der Waals surface area contributed by atoms with E-state index in [2.05, 4.69) is 6.58 Å². The van der Waals surface area contributed by atoms with Crippen LogP contribution in [0.15, 0.2) is 36.9 Å². The third kappa shape index (κ3) is 5.28. The Hall–Kier alpha value is -0.950. The molecule has 0 aliphatic rings. The van der Waals surface area contributed by atoms with Crippen molar-refractivity contribution in [3.63, 3.8) is 0 Å². The molecule has 0 saturated heterocycles. The summed E-state index contributed by atoms with van der Waals surface area (Å²) >= 11 is 10.6. The maximum absolute atomic E-state index is 12.3. The molecule has 104 valence electrons. The minimum atomic E-state index is -3.51. The van der Waals surface area contributed by atoms with Gasteiger partial charge in [0.15, 0.2) is 0 Å². The SMILES string of the molecule is C=CCN(CC(N)=S)S(=O)(=O)Cc1cccc(Cl)c1. The minimum Gasteiger partial charge on any atom is -0.392 e. The average molecular weight is 319 g/mol. The molecule has 0 aliphatic carbocycles. The van der Waals surface area contributed by atoms with Crippen LogP contribution in [0.5, 0.6) is 0 Å². The second-order valence-electron chi connectivity index (χ2n) is 3.93. The van der Waals surface area contributed by atoms with E-state index >= 15 is 0 Å². The number of hydrogen-bond acceptors (Lipinski definition) is 3. The molecule has 0 amide bonds. The van der Waals surface area contributed by atoms with Crippen molar-refractivity contribution in [3.05, 3.63) is 47.5 Å². The second-order valence-corrected chi connectivity index (χ2v) is 6.86. The molecule has 0 unspecified atom stereocenters. The maximum Gasteiger partial charge on any atom is 0.218 e. The maximum atomic E-state index is 12.3. The van der Waals surface area contributed by atoms with E-state index in [0.717, 1.165) is 0 Å². The van der Waals surface area contributed by atoms with E-state index in [1.807, 2.05) is 0 Å². The van der Waals surface area contributed by atoms with Gasteiger partial charge in [-0.1, -0.05) is 42.0 Å². The van der Waals surface area contributed by atoms with E-state index in [0.29, 0.717) is 10.6 Å². The van der Waals surface area contributed by atoms with Crippen molar-refractivity contribution in [2.24, 2.45) is 5.73 Å². The summed E-state index contributed by atoms with van der Waals surface area (Å²) < 4.78 is 25.7. The second kappa shape index (κ2) is 7.00. The molecule has 0 aliphatic heterocycles. The fraction of sp³-hybridized carbons (Fsp3) is 0.250. The Labute approximate surface area is 123 Å². The zero-order valence-corrected chi connectivity index (χ0v) is 12.6. The van der Waals surface area contributed by atoms with Gasteiger partial charge in [0.25, 0.3) is 0 Å². The molecule has 0 fully saturated rings. The first-order chi connectivity index (χ1) is 8.85. The van der Waals surface area contributed by atoms with Crippen LogP contribution >= 0.6 is 23.8 Å². The van der Waals surface area contributed by atoms with Gasteiger partial charge in [0.1, 0.15) is 0 Å². The summed E-state index contributed by atoms with van der Waals surface area (Å²) in [6.07, 6.45) is 1.49. The van der Waals surface area contributed by atoms with Gasteiger partial charge in [-0.15, -0.1) is 6.58 Å². The van der Waals surface area contributed by atoms with Gasteiger partial charge in [-0.3, -0.25) is 0 Å². The summed E-state index contributed by atoms with van der Waals surface area (Å²) in [4.78, 5) is 0.122. The molecule has 1 aromatic rings. The summed E-state index contributed by atoms with van der Waals surface area (Å²) in [7, 11) is -3.51. The highest BCUT2D eigenvalue weighted by molar-refractivity contribution is 7.88. The number of sulfonamides is 1. The van der Waals surface area contributed by atoms with Crippen LogP contribution in [0.4, 0.5) is 0 Å². The molecular formula is C12H15ClN2O2S2. The molecular weight excluding hydrogens is 304 g/mol. The largest absolute Gasteiger partial charge is 0.392 e. The highest BCUT2D eigenvalue weighted by Crippen LogP contribution is 2.15. The molecule has 2 N–H and O–H groups in total. The number of hydrogen-bond donors (Lipinski definition) is 1. The van der Waals surface area contributed by atoms with E-state index in [1.165, 1.54) is 10.4 Å². The lowest BCUT2D eigenvalue weighted by atomic mass is 10.2. The van der Waals surface area contributed by atoms with Gasteiger partial charge in [0.2, 0.25) is 10.0 Å². The van der Waals surface area contributed by atoms with Crippen molar-refractivity contribution in [2.45, 2.75) is 5.75 Å². The van der Waals surface area contributed by atoms with Crippen molar-refractivity contribution in [3.8, 4) is 0 Å². The topological polar surface area (TPSA) is 63.4 Å². The quantitative estimate of drug-likeness (QED) is 0.616. The van der Waals surface area contributed by atoms with Gasteiger partial charge in [0, 0.05) is 11.6 Å². The Morgan fingerprint density at radius 2 is 2.21 bits per heavy atom. The van der Waals surface area contributed by atoms with Crippen LogP contribution in [0.1, 0.15) is 5.56 Å². The van der Waals surface area contributed by atoms with Gasteiger partial charge in [-0.25, -0.2) is 8.42 Å². The first-order valence-corrected chi connectivity index (χ1v) is 7.86. The third-order valence-electron chi connectivity index (χ3n) is 2.30. The van der Waals surface area contributed by atoms with Gasteiger partial charge in [-0.2, -0.15) is 4.31 Å². The summed E-state index contributed by atoms with van der Waals surface area (Å²) in [6, 6.07) is 6.72. The Morgan fingerprint density at radius 3 is 2.74 bits per heavy atom. The predicted octanol–water partition coefficient (Wildman–Crippen LogP) is 1.94. The van der Waals surface area contributed by atoms with E-state index in [1.54, 1.807) is 24.3 Å². The highest BCUT2D eigenvalue weighted by Gasteiger charge is 2.22. The van der Waals surface area contributed by atoms with Gasteiger partial charge < -0.3 is 5.73 Å². The van der Waals surface area contributed by atoms with E-state index in [4.69, 9.17) is 29.6 Å². The summed E-state index contributed by atoms with van der Waals surface area (Å²) in [5.74, 6) is -0.149. The zero-order valence-electron chi connectivity index (χ0n) is 10.3. The predicted molar refractivity (Wildman–Crippen MR) is 82.6 cm³/mol. The van der Waals surface area contributed by atoms with Crippen LogP contribution in [0.2, 0.25) is 5.02 Å². The number of thiocarbonyl (C=S) groups is 1. The molecule has 0 aromatic heterocycles. The van der Waals surface area contributed by atoms with E-state index < -0.39 is 10.0 Å². The van der Waals surface area contributed by atoms with Crippen molar-refractivity contribution < 1.29 is 8.42 Å². The lowest BCUT2D eigenvalue weighted by Gasteiger charge is -2.20. The van der Waals surface area contributed by atoms with Gasteiger partial charge >= 0.3 is 0 Å². The monoisotopic (exact) mass is 318 g/mol. The molecule has 1 aromatic carbocycles. The number of nitrogens with two attached hydrogens (primary N) is 1. The molecule has 0 heterocycles. The fourth-order valence-electron chi connectivity index (χ4n) is 1.52. The van der Waals surface area contributed by atoms with Crippen LogP contribution in [-0.4, -0.2) is 30.8 Å². The number of benzene rings is 1. The van der Waals surface area contributed by atoms with Crippen molar-refractivity contribution in [1.82, 2.24) is 4.31 Å². The van der Waals surface area contributed by atoms with Gasteiger partial charge in [-0.05, 0) is 17.7 Å². The molecule has 0 spiro atoms. The Bertz CT molecular complexity index is 573. The van der Waals surface area contributed by atoms with Crippen molar-refractivity contribution >= 4 is 38.8 Å². The number of nitrogens with zero attached hydrogens (tertiary/aromatic N) is 1. The molecule has 7 heteroatoms. The summed E-state index contributed by atoms with van der Waals surface area (Å²) in [5, 5.41) is 0.498. The Balaban J connectivity index is 2.94. The zero-order chi connectivity index (χ0) is 14.5. The van der Waals surface area contributed by atoms with E-state index in [-0.39, 0.29) is 23.8 Å². The first kappa shape index (κ1) is 16.1. The van der Waals surface area contributed by atoms with Gasteiger partial charge in [0.05, 0.1) is 17.3 Å². The molecule has 0 atom stereocenters. The van der Waals surface area contributed by atoms with Crippen LogP contribution < -0.4 is 5.73 Å². The molecule has 0 bridgehead atoms. The van der Waals surface area contributed by atoms with Crippen molar-refractivity contribution in [2.75, 3.05) is 13.1 Å². The number of halogens is 1. The van der Waals surface area contributed by atoms with Crippen molar-refractivity contribution in [1.29, 1.82) is 0 Å². The lowest BCUT2D eigenvalue weighted by molar-refractivity contribution is 0.481. The average Bonchev–Trinajstić information content (AvgIpc) is 2.27. The summed E-state index contributed by atoms with van der Waals surface area (Å²) in [6.45, 7) is 3.70. The third-order valence-corrected chi connectivity index (χ3v) is 4.42. The molecule has 19 heavy (non-hydrogen) atoms. The van der Waals surface area contributed by atoms with Crippen LogP contribution in [-0.2, 0) is 15.8 Å². The van der Waals surface area contributed by atoms with E-state index in [9.17, 15) is 8.42 Å². The molecule has 1 rings (SSSR count). The lowest BCUT2D eigenvalue weighted by Crippen LogP contribution is -2.38. The normalized spacial score (nSPS) is 11.5. The van der Waals surface area contributed by atoms with Crippen LogP contribution in [0, 0.1) is 0 Å².